The Kier molecular flexibility index (Phi) is 7.75. The van der Waals surface area contributed by atoms with E-state index >= 15 is 0 Å². The van der Waals surface area contributed by atoms with E-state index in [0.29, 0.717) is 12.6 Å². The van der Waals surface area contributed by atoms with E-state index in [1.165, 1.54) is 26.5 Å². The summed E-state index contributed by atoms with van der Waals surface area (Å²) in [6.45, 7) is 7.36. The normalized spacial score (nSPS) is 32.9. The number of likely N-dealkylation sites (tertiary alicyclic amines) is 1. The third-order valence-corrected chi connectivity index (χ3v) is 5.58. The molecule has 0 aromatic carbocycles. The van der Waals surface area contributed by atoms with Crippen LogP contribution in [0.4, 0.5) is 0 Å². The van der Waals surface area contributed by atoms with Crippen molar-refractivity contribution in [2.75, 3.05) is 53.5 Å². The molecule has 3 aliphatic rings. The van der Waals surface area contributed by atoms with E-state index in [9.17, 15) is 4.79 Å². The summed E-state index contributed by atoms with van der Waals surface area (Å²) < 4.78 is 10.9. The first-order chi connectivity index (χ1) is 11.6. The van der Waals surface area contributed by atoms with Crippen molar-refractivity contribution in [1.82, 2.24) is 15.1 Å². The van der Waals surface area contributed by atoms with Crippen LogP contribution in [0.1, 0.15) is 19.8 Å². The first kappa shape index (κ1) is 20.7. The lowest BCUT2D eigenvalue weighted by Crippen LogP contribution is -2.51. The van der Waals surface area contributed by atoms with Gasteiger partial charge in [0.15, 0.2) is 5.96 Å². The third kappa shape index (κ3) is 4.77. The number of methoxy groups -OCH3 is 1. The van der Waals surface area contributed by atoms with Crippen LogP contribution in [0.3, 0.4) is 0 Å². The average Bonchev–Trinajstić information content (AvgIpc) is 3.21. The molecule has 0 radical (unpaired) electrons. The maximum Gasteiger partial charge on any atom is 0.310 e. The van der Waals surface area contributed by atoms with Gasteiger partial charge in [0.25, 0.3) is 0 Å². The van der Waals surface area contributed by atoms with Gasteiger partial charge in [0.1, 0.15) is 0 Å². The smallest absolute Gasteiger partial charge is 0.310 e. The largest absolute Gasteiger partial charge is 0.469 e. The molecule has 0 bridgehead atoms. The Morgan fingerprint density at radius 1 is 1.36 bits per heavy atom. The Hall–Kier alpha value is -0.610. The molecule has 3 fully saturated rings. The quantitative estimate of drug-likeness (QED) is 0.287. The number of esters is 1. The summed E-state index contributed by atoms with van der Waals surface area (Å²) in [5.74, 6) is 0.911. The highest BCUT2D eigenvalue weighted by Crippen LogP contribution is 2.24. The van der Waals surface area contributed by atoms with E-state index in [0.717, 1.165) is 32.2 Å². The second kappa shape index (κ2) is 9.36. The minimum Gasteiger partial charge on any atom is -0.469 e. The monoisotopic (exact) mass is 466 g/mol. The maximum absolute atomic E-state index is 11.9. The SMILES string of the molecule is CN=C(NCC1CN2CCCC2CO1)N1CC(C)C(C(=O)OC)C1.I. The van der Waals surface area contributed by atoms with Crippen LogP contribution in [-0.4, -0.2) is 87.4 Å². The van der Waals surface area contributed by atoms with E-state index in [-0.39, 0.29) is 47.9 Å². The van der Waals surface area contributed by atoms with Gasteiger partial charge in [0, 0.05) is 39.3 Å². The highest BCUT2D eigenvalue weighted by atomic mass is 127. The fourth-order valence-electron chi connectivity index (χ4n) is 4.14. The van der Waals surface area contributed by atoms with Gasteiger partial charge in [-0.15, -0.1) is 24.0 Å². The van der Waals surface area contributed by atoms with Crippen molar-refractivity contribution in [2.24, 2.45) is 16.8 Å². The zero-order chi connectivity index (χ0) is 17.1. The first-order valence-electron chi connectivity index (χ1n) is 9.01. The number of morpholine rings is 1. The molecule has 4 atom stereocenters. The zero-order valence-electron chi connectivity index (χ0n) is 15.4. The molecule has 3 heterocycles. The van der Waals surface area contributed by atoms with Gasteiger partial charge >= 0.3 is 5.97 Å². The van der Waals surface area contributed by atoms with E-state index < -0.39 is 0 Å². The lowest BCUT2D eigenvalue weighted by molar-refractivity contribution is -0.145. The van der Waals surface area contributed by atoms with Crippen molar-refractivity contribution in [3.8, 4) is 0 Å². The Balaban J connectivity index is 0.00000225. The van der Waals surface area contributed by atoms with Crippen molar-refractivity contribution in [1.29, 1.82) is 0 Å². The molecule has 0 saturated carbocycles. The summed E-state index contributed by atoms with van der Waals surface area (Å²) in [7, 11) is 3.24. The van der Waals surface area contributed by atoms with Gasteiger partial charge < -0.3 is 19.7 Å². The molecule has 25 heavy (non-hydrogen) atoms. The van der Waals surface area contributed by atoms with Gasteiger partial charge in [-0.1, -0.05) is 6.92 Å². The summed E-state index contributed by atoms with van der Waals surface area (Å²) >= 11 is 0. The fraction of sp³-hybridized carbons (Fsp3) is 0.882. The molecular weight excluding hydrogens is 435 g/mol. The lowest BCUT2D eigenvalue weighted by Gasteiger charge is -2.35. The Labute approximate surface area is 167 Å². The minimum atomic E-state index is -0.129. The van der Waals surface area contributed by atoms with Gasteiger partial charge in [-0.3, -0.25) is 14.7 Å². The molecule has 1 N–H and O–H groups in total. The fourth-order valence-corrected chi connectivity index (χ4v) is 4.14. The van der Waals surface area contributed by atoms with Gasteiger partial charge in [0.2, 0.25) is 0 Å². The van der Waals surface area contributed by atoms with Crippen LogP contribution in [0.15, 0.2) is 4.99 Å². The van der Waals surface area contributed by atoms with E-state index in [1.807, 2.05) is 0 Å². The molecule has 144 valence electrons. The standard InChI is InChI=1S/C17H30N4O3.HI/c1-12-8-21(10-15(12)16(22)23-3)17(18-2)19-7-14-9-20-6-4-5-13(20)11-24-14;/h12-15H,4-11H2,1-3H3,(H,18,19);1H. The molecule has 0 aromatic heterocycles. The van der Waals surface area contributed by atoms with Crippen molar-refractivity contribution >= 4 is 35.9 Å². The second-order valence-corrected chi connectivity index (χ2v) is 7.19. The van der Waals surface area contributed by atoms with E-state index in [1.54, 1.807) is 7.05 Å². The number of halogens is 1. The van der Waals surface area contributed by atoms with Gasteiger partial charge in [-0.2, -0.15) is 0 Å². The summed E-state index contributed by atoms with van der Waals surface area (Å²) in [6.07, 6.45) is 2.76. The van der Waals surface area contributed by atoms with Crippen LogP contribution in [0, 0.1) is 11.8 Å². The average molecular weight is 466 g/mol. The number of carbonyl (C=O) groups is 1. The van der Waals surface area contributed by atoms with Crippen LogP contribution >= 0.6 is 24.0 Å². The number of carbonyl (C=O) groups excluding carboxylic acids is 1. The van der Waals surface area contributed by atoms with Crippen molar-refractivity contribution in [3.63, 3.8) is 0 Å². The molecule has 0 amide bonds. The van der Waals surface area contributed by atoms with Gasteiger partial charge in [0.05, 0.1) is 25.7 Å². The van der Waals surface area contributed by atoms with Crippen molar-refractivity contribution in [3.05, 3.63) is 0 Å². The van der Waals surface area contributed by atoms with Crippen LogP contribution < -0.4 is 5.32 Å². The number of fused-ring (bicyclic) bond motifs is 1. The third-order valence-electron chi connectivity index (χ3n) is 5.58. The van der Waals surface area contributed by atoms with Gasteiger partial charge in [-0.25, -0.2) is 0 Å². The number of ether oxygens (including phenoxy) is 2. The van der Waals surface area contributed by atoms with Crippen LogP contribution in [0.5, 0.6) is 0 Å². The summed E-state index contributed by atoms with van der Waals surface area (Å²) in [6, 6.07) is 0.626. The van der Waals surface area contributed by atoms with E-state index in [2.05, 4.69) is 27.0 Å². The molecular formula is C17H31IN4O3. The topological polar surface area (TPSA) is 66.4 Å². The molecule has 0 aromatic rings. The number of guanidine groups is 1. The highest BCUT2D eigenvalue weighted by molar-refractivity contribution is 14.0. The van der Waals surface area contributed by atoms with Crippen LogP contribution in [-0.2, 0) is 14.3 Å². The molecule has 0 aliphatic carbocycles. The molecule has 3 rings (SSSR count). The van der Waals surface area contributed by atoms with Crippen molar-refractivity contribution < 1.29 is 14.3 Å². The molecule has 3 saturated heterocycles. The molecule has 3 aliphatic heterocycles. The number of aliphatic imine (C=N–C) groups is 1. The summed E-state index contributed by atoms with van der Waals surface area (Å²) in [5.41, 5.74) is 0. The summed E-state index contributed by atoms with van der Waals surface area (Å²) in [4.78, 5) is 20.9. The second-order valence-electron chi connectivity index (χ2n) is 7.19. The Morgan fingerprint density at radius 3 is 2.88 bits per heavy atom. The number of nitrogens with zero attached hydrogens (tertiary/aromatic N) is 3. The number of nitrogens with one attached hydrogen (secondary N) is 1. The molecule has 4 unspecified atom stereocenters. The van der Waals surface area contributed by atoms with Crippen LogP contribution in [0.25, 0.3) is 0 Å². The van der Waals surface area contributed by atoms with E-state index in [4.69, 9.17) is 9.47 Å². The zero-order valence-corrected chi connectivity index (χ0v) is 17.8. The molecule has 7 nitrogen and oxygen atoms in total. The Morgan fingerprint density at radius 2 is 2.16 bits per heavy atom. The number of hydrogen-bond donors (Lipinski definition) is 1. The molecule has 8 heteroatoms. The predicted octanol–water partition coefficient (Wildman–Crippen LogP) is 0.784. The minimum absolute atomic E-state index is 0. The van der Waals surface area contributed by atoms with Gasteiger partial charge in [-0.05, 0) is 25.3 Å². The molecule has 0 spiro atoms. The van der Waals surface area contributed by atoms with Crippen molar-refractivity contribution in [2.45, 2.75) is 31.9 Å². The maximum atomic E-state index is 11.9. The highest BCUT2D eigenvalue weighted by Gasteiger charge is 2.37. The van der Waals surface area contributed by atoms with Crippen LogP contribution in [0.2, 0.25) is 0 Å². The summed E-state index contributed by atoms with van der Waals surface area (Å²) in [5, 5.41) is 3.43. The lowest BCUT2D eigenvalue weighted by atomic mass is 9.99. The first-order valence-corrected chi connectivity index (χ1v) is 9.01. The predicted molar refractivity (Wildman–Crippen MR) is 107 cm³/mol. The number of hydrogen-bond acceptors (Lipinski definition) is 5. The Bertz CT molecular complexity index is 491. The number of rotatable bonds is 3.